The van der Waals surface area contributed by atoms with E-state index in [2.05, 4.69) is 13.8 Å². The summed E-state index contributed by atoms with van der Waals surface area (Å²) in [5, 5.41) is 0. The summed E-state index contributed by atoms with van der Waals surface area (Å²) in [6.45, 7) is 4.92. The maximum atomic E-state index is 11.8. The highest BCUT2D eigenvalue weighted by atomic mass is 35.5. The molecular weight excluding hydrogens is 279 g/mol. The first-order valence-corrected chi connectivity index (χ1v) is 7.17. The maximum Gasteiger partial charge on any atom is 0.190 e. The molecule has 1 aromatic heterocycles. The summed E-state index contributed by atoms with van der Waals surface area (Å²) >= 11 is 12.9. The van der Waals surface area contributed by atoms with E-state index >= 15 is 0 Å². The molecule has 0 fully saturated rings. The van der Waals surface area contributed by atoms with Gasteiger partial charge in [0.2, 0.25) is 0 Å². The van der Waals surface area contributed by atoms with Crippen LogP contribution in [0.2, 0.25) is 8.67 Å². The minimum atomic E-state index is -0.109. The van der Waals surface area contributed by atoms with Crippen molar-refractivity contribution in [2.24, 2.45) is 5.92 Å². The fraction of sp³-hybridized carbons (Fsp3) is 0.583. The molecule has 1 heterocycles. The molecule has 5 heteroatoms. The molecule has 0 radical (unpaired) electrons. The van der Waals surface area contributed by atoms with E-state index in [0.29, 0.717) is 26.8 Å². The molecular formula is C12H16Cl2O2S. The number of ether oxygens (including phenoxy) is 1. The standard InChI is InChI=1S/C12H16Cl2O2S/c1-3-4-8(2)6-16-7-10(15)9-5-11(13)17-12(9)14/h5,8H,3-4,6-7H2,1-2H3. The van der Waals surface area contributed by atoms with Gasteiger partial charge < -0.3 is 4.74 Å². The van der Waals surface area contributed by atoms with E-state index in [4.69, 9.17) is 27.9 Å². The van der Waals surface area contributed by atoms with E-state index in [1.165, 1.54) is 11.3 Å². The van der Waals surface area contributed by atoms with Crippen molar-refractivity contribution in [3.05, 3.63) is 20.3 Å². The Balaban J connectivity index is 2.37. The van der Waals surface area contributed by atoms with Gasteiger partial charge in [0.1, 0.15) is 10.9 Å². The van der Waals surface area contributed by atoms with Crippen molar-refractivity contribution in [3.8, 4) is 0 Å². The molecule has 1 unspecified atom stereocenters. The van der Waals surface area contributed by atoms with Gasteiger partial charge in [0.05, 0.1) is 9.90 Å². The SMILES string of the molecule is CCCC(C)COCC(=O)c1cc(Cl)sc1Cl. The number of thiophene rings is 1. The Bertz CT molecular complexity index is 377. The van der Waals surface area contributed by atoms with Gasteiger partial charge in [-0.2, -0.15) is 0 Å². The zero-order chi connectivity index (χ0) is 12.8. The first-order chi connectivity index (χ1) is 8.04. The third kappa shape index (κ3) is 4.96. The number of hydrogen-bond acceptors (Lipinski definition) is 3. The topological polar surface area (TPSA) is 26.3 Å². The summed E-state index contributed by atoms with van der Waals surface area (Å²) in [5.74, 6) is 0.371. The van der Waals surface area contributed by atoms with Crippen LogP contribution in [0.25, 0.3) is 0 Å². The van der Waals surface area contributed by atoms with Gasteiger partial charge in [-0.05, 0) is 18.4 Å². The number of rotatable bonds is 7. The molecule has 17 heavy (non-hydrogen) atoms. The van der Waals surface area contributed by atoms with Crippen LogP contribution in [-0.4, -0.2) is 19.0 Å². The average Bonchev–Trinajstić information content (AvgIpc) is 2.58. The number of carbonyl (C=O) groups excluding carboxylic acids is 1. The van der Waals surface area contributed by atoms with E-state index in [1.54, 1.807) is 6.07 Å². The lowest BCUT2D eigenvalue weighted by atomic mass is 10.1. The van der Waals surface area contributed by atoms with Crippen LogP contribution < -0.4 is 0 Å². The molecule has 0 saturated heterocycles. The van der Waals surface area contributed by atoms with Crippen molar-refractivity contribution in [1.29, 1.82) is 0 Å². The molecule has 0 spiro atoms. The predicted octanol–water partition coefficient (Wildman–Crippen LogP) is 4.69. The second-order valence-electron chi connectivity index (χ2n) is 4.07. The Morgan fingerprint density at radius 1 is 1.53 bits per heavy atom. The van der Waals surface area contributed by atoms with Gasteiger partial charge in [0.15, 0.2) is 5.78 Å². The molecule has 0 bridgehead atoms. The number of halogens is 2. The minimum absolute atomic E-state index is 0.0703. The van der Waals surface area contributed by atoms with E-state index in [-0.39, 0.29) is 12.4 Å². The fourth-order valence-corrected chi connectivity index (χ4v) is 3.04. The summed E-state index contributed by atoms with van der Waals surface area (Å²) < 4.78 is 6.34. The Hall–Kier alpha value is -0.0900. The summed E-state index contributed by atoms with van der Waals surface area (Å²) in [6.07, 6.45) is 2.24. The zero-order valence-electron chi connectivity index (χ0n) is 9.96. The maximum absolute atomic E-state index is 11.8. The molecule has 1 rings (SSSR count). The largest absolute Gasteiger partial charge is 0.373 e. The van der Waals surface area contributed by atoms with Gasteiger partial charge in [0.25, 0.3) is 0 Å². The van der Waals surface area contributed by atoms with Crippen LogP contribution in [-0.2, 0) is 4.74 Å². The molecule has 0 N–H and O–H groups in total. The van der Waals surface area contributed by atoms with Crippen LogP contribution in [0.15, 0.2) is 6.07 Å². The Morgan fingerprint density at radius 3 is 2.76 bits per heavy atom. The normalized spacial score (nSPS) is 12.7. The Labute approximate surface area is 116 Å². The summed E-state index contributed by atoms with van der Waals surface area (Å²) in [4.78, 5) is 11.8. The zero-order valence-corrected chi connectivity index (χ0v) is 12.3. The van der Waals surface area contributed by atoms with Crippen LogP contribution >= 0.6 is 34.5 Å². The highest BCUT2D eigenvalue weighted by molar-refractivity contribution is 7.20. The van der Waals surface area contributed by atoms with Gasteiger partial charge >= 0.3 is 0 Å². The Morgan fingerprint density at radius 2 is 2.24 bits per heavy atom. The summed E-state index contributed by atoms with van der Waals surface area (Å²) in [6, 6.07) is 1.59. The molecule has 0 aliphatic heterocycles. The van der Waals surface area contributed by atoms with Gasteiger partial charge in [-0.25, -0.2) is 0 Å². The lowest BCUT2D eigenvalue weighted by Gasteiger charge is -2.09. The molecule has 1 aromatic rings. The van der Waals surface area contributed by atoms with Crippen molar-refractivity contribution < 1.29 is 9.53 Å². The smallest absolute Gasteiger partial charge is 0.190 e. The first kappa shape index (κ1) is 15.0. The van der Waals surface area contributed by atoms with E-state index in [9.17, 15) is 4.79 Å². The molecule has 0 amide bonds. The number of Topliss-reactive ketones (excluding diaryl/α,β-unsaturated/α-hetero) is 1. The third-order valence-corrected chi connectivity index (χ3v) is 3.86. The quantitative estimate of drug-likeness (QED) is 0.682. The van der Waals surface area contributed by atoms with Gasteiger partial charge in [-0.3, -0.25) is 4.79 Å². The van der Waals surface area contributed by atoms with Crippen molar-refractivity contribution in [2.75, 3.05) is 13.2 Å². The summed E-state index contributed by atoms with van der Waals surface area (Å²) in [5.41, 5.74) is 0.463. The second kappa shape index (κ2) is 7.37. The highest BCUT2D eigenvalue weighted by Gasteiger charge is 2.14. The lowest BCUT2D eigenvalue weighted by molar-refractivity contribution is 0.0684. The van der Waals surface area contributed by atoms with Crippen LogP contribution in [0.5, 0.6) is 0 Å². The second-order valence-corrected chi connectivity index (χ2v) is 6.36. The predicted molar refractivity (Wildman–Crippen MR) is 73.6 cm³/mol. The van der Waals surface area contributed by atoms with Crippen molar-refractivity contribution >= 4 is 40.3 Å². The van der Waals surface area contributed by atoms with Gasteiger partial charge in [0, 0.05) is 6.61 Å². The fourth-order valence-electron chi connectivity index (χ4n) is 1.54. The third-order valence-electron chi connectivity index (χ3n) is 2.37. The lowest BCUT2D eigenvalue weighted by Crippen LogP contribution is -2.13. The first-order valence-electron chi connectivity index (χ1n) is 5.60. The molecule has 1 atom stereocenters. The van der Waals surface area contributed by atoms with E-state index in [1.807, 2.05) is 0 Å². The van der Waals surface area contributed by atoms with Crippen LogP contribution in [0, 0.1) is 5.92 Å². The average molecular weight is 295 g/mol. The Kier molecular flexibility index (Phi) is 6.49. The van der Waals surface area contributed by atoms with Crippen molar-refractivity contribution in [1.82, 2.24) is 0 Å². The van der Waals surface area contributed by atoms with Gasteiger partial charge in [-0.1, -0.05) is 43.5 Å². The van der Waals surface area contributed by atoms with Crippen molar-refractivity contribution in [3.63, 3.8) is 0 Å². The minimum Gasteiger partial charge on any atom is -0.373 e. The van der Waals surface area contributed by atoms with E-state index in [0.717, 1.165) is 12.8 Å². The molecule has 0 aromatic carbocycles. The van der Waals surface area contributed by atoms with Crippen LogP contribution in [0.4, 0.5) is 0 Å². The molecule has 2 nitrogen and oxygen atoms in total. The number of carbonyl (C=O) groups is 1. The summed E-state index contributed by atoms with van der Waals surface area (Å²) in [7, 11) is 0. The monoisotopic (exact) mass is 294 g/mol. The molecule has 0 aliphatic carbocycles. The molecule has 0 aliphatic rings. The number of hydrogen-bond donors (Lipinski definition) is 0. The highest BCUT2D eigenvalue weighted by Crippen LogP contribution is 2.31. The van der Waals surface area contributed by atoms with E-state index < -0.39 is 0 Å². The van der Waals surface area contributed by atoms with Gasteiger partial charge in [-0.15, -0.1) is 11.3 Å². The van der Waals surface area contributed by atoms with Crippen LogP contribution in [0.3, 0.4) is 0 Å². The number of ketones is 1. The molecule has 0 saturated carbocycles. The van der Waals surface area contributed by atoms with Crippen molar-refractivity contribution in [2.45, 2.75) is 26.7 Å². The molecule has 96 valence electrons. The van der Waals surface area contributed by atoms with Crippen LogP contribution in [0.1, 0.15) is 37.0 Å².